The lowest BCUT2D eigenvalue weighted by Crippen LogP contribution is -2.14. The van der Waals surface area contributed by atoms with Crippen molar-refractivity contribution in [2.45, 2.75) is 25.5 Å². The van der Waals surface area contributed by atoms with Crippen LogP contribution in [0.5, 0.6) is 0 Å². The molecular weight excluding hydrogens is 210 g/mol. The van der Waals surface area contributed by atoms with Crippen molar-refractivity contribution < 1.29 is 0 Å². The van der Waals surface area contributed by atoms with Gasteiger partial charge in [-0.25, -0.2) is 4.98 Å². The van der Waals surface area contributed by atoms with Crippen LogP contribution >= 0.6 is 11.8 Å². The molecule has 0 saturated carbocycles. The Kier molecular flexibility index (Phi) is 4.68. The average Bonchev–Trinajstić information content (AvgIpc) is 2.16. The Morgan fingerprint density at radius 1 is 1.67 bits per heavy atom. The van der Waals surface area contributed by atoms with E-state index < -0.39 is 0 Å². The van der Waals surface area contributed by atoms with Crippen LogP contribution in [0.15, 0.2) is 10.9 Å². The number of anilines is 1. The van der Waals surface area contributed by atoms with E-state index >= 15 is 0 Å². The first kappa shape index (κ1) is 12.1. The third kappa shape index (κ3) is 4.38. The van der Waals surface area contributed by atoms with Gasteiger partial charge in [0, 0.05) is 17.9 Å². The van der Waals surface area contributed by atoms with Gasteiger partial charge in [0.2, 0.25) is 0 Å². The fourth-order valence-electron chi connectivity index (χ4n) is 1.19. The number of aromatic nitrogens is 2. The highest BCUT2D eigenvalue weighted by Crippen LogP contribution is 2.09. The van der Waals surface area contributed by atoms with Gasteiger partial charge >= 0.3 is 0 Å². The fraction of sp³-hybridized carbons (Fsp3) is 0.600. The van der Waals surface area contributed by atoms with Gasteiger partial charge in [-0.3, -0.25) is 4.79 Å². The summed E-state index contributed by atoms with van der Waals surface area (Å²) in [7, 11) is 0. The molecule has 0 radical (unpaired) electrons. The van der Waals surface area contributed by atoms with Gasteiger partial charge in [-0.05, 0) is 19.6 Å². The first-order valence-corrected chi connectivity index (χ1v) is 6.25. The largest absolute Gasteiger partial charge is 0.370 e. The van der Waals surface area contributed by atoms with Crippen LogP contribution < -0.4 is 10.9 Å². The molecule has 0 aliphatic rings. The Balaban J connectivity index is 2.47. The van der Waals surface area contributed by atoms with Crippen molar-refractivity contribution in [1.82, 2.24) is 9.97 Å². The molecule has 1 unspecified atom stereocenters. The Hall–Kier alpha value is -0.970. The third-order valence-electron chi connectivity index (χ3n) is 2.12. The number of aromatic amines is 1. The lowest BCUT2D eigenvalue weighted by Gasteiger charge is -2.09. The van der Waals surface area contributed by atoms with Gasteiger partial charge in [-0.1, -0.05) is 6.92 Å². The van der Waals surface area contributed by atoms with E-state index in [0.29, 0.717) is 16.9 Å². The highest BCUT2D eigenvalue weighted by molar-refractivity contribution is 7.99. The monoisotopic (exact) mass is 227 g/mol. The molecule has 1 rings (SSSR count). The molecule has 0 aliphatic carbocycles. The van der Waals surface area contributed by atoms with Crippen LogP contribution in [0.4, 0.5) is 5.82 Å². The Morgan fingerprint density at radius 3 is 3.00 bits per heavy atom. The Labute approximate surface area is 93.9 Å². The van der Waals surface area contributed by atoms with Crippen molar-refractivity contribution in [3.05, 3.63) is 22.2 Å². The van der Waals surface area contributed by atoms with Gasteiger partial charge in [0.15, 0.2) is 0 Å². The molecule has 0 aromatic carbocycles. The summed E-state index contributed by atoms with van der Waals surface area (Å²) in [6.07, 6.45) is 3.16. The number of thioether (sulfide) groups is 1. The zero-order valence-electron chi connectivity index (χ0n) is 9.33. The zero-order chi connectivity index (χ0) is 11.3. The summed E-state index contributed by atoms with van der Waals surface area (Å²) < 4.78 is 0. The van der Waals surface area contributed by atoms with E-state index in [1.54, 1.807) is 6.92 Å². The summed E-state index contributed by atoms with van der Waals surface area (Å²) in [5, 5.41) is 3.77. The topological polar surface area (TPSA) is 57.8 Å². The van der Waals surface area contributed by atoms with Gasteiger partial charge in [-0.2, -0.15) is 11.8 Å². The maximum atomic E-state index is 11.1. The number of nitrogens with zero attached hydrogens (tertiary/aromatic N) is 1. The smallest absolute Gasteiger partial charge is 0.252 e. The van der Waals surface area contributed by atoms with E-state index in [0.717, 1.165) is 13.0 Å². The number of hydrogen-bond acceptors (Lipinski definition) is 4. The average molecular weight is 227 g/mol. The number of H-pyrrole nitrogens is 1. The SMILES string of the molecule is CSC(C)CCNc1cc(=O)[nH]c(C)n1. The van der Waals surface area contributed by atoms with Crippen LogP contribution in [0.3, 0.4) is 0 Å². The van der Waals surface area contributed by atoms with Crippen LogP contribution in [-0.2, 0) is 0 Å². The first-order valence-electron chi connectivity index (χ1n) is 4.96. The molecule has 15 heavy (non-hydrogen) atoms. The first-order chi connectivity index (χ1) is 7.11. The van der Waals surface area contributed by atoms with Crippen molar-refractivity contribution in [2.24, 2.45) is 0 Å². The zero-order valence-corrected chi connectivity index (χ0v) is 10.1. The third-order valence-corrected chi connectivity index (χ3v) is 3.16. The molecule has 84 valence electrons. The molecule has 4 nitrogen and oxygen atoms in total. The van der Waals surface area contributed by atoms with Crippen LogP contribution in [0, 0.1) is 6.92 Å². The van der Waals surface area contributed by atoms with Gasteiger partial charge in [0.1, 0.15) is 11.6 Å². The molecule has 2 N–H and O–H groups in total. The molecule has 1 atom stereocenters. The summed E-state index contributed by atoms with van der Waals surface area (Å²) >= 11 is 1.84. The van der Waals surface area contributed by atoms with Gasteiger partial charge < -0.3 is 10.3 Å². The minimum Gasteiger partial charge on any atom is -0.370 e. The highest BCUT2D eigenvalue weighted by Gasteiger charge is 2.00. The lowest BCUT2D eigenvalue weighted by molar-refractivity contribution is 0.846. The lowest BCUT2D eigenvalue weighted by atomic mass is 10.3. The van der Waals surface area contributed by atoms with E-state index in [9.17, 15) is 4.79 Å². The summed E-state index contributed by atoms with van der Waals surface area (Å²) in [5.74, 6) is 1.30. The number of nitrogens with one attached hydrogen (secondary N) is 2. The molecule has 0 bridgehead atoms. The minimum absolute atomic E-state index is 0.108. The molecule has 0 aliphatic heterocycles. The standard InChI is InChI=1S/C10H17N3OS/c1-7(15-3)4-5-11-9-6-10(14)13-8(2)12-9/h6-7H,4-5H2,1-3H3,(H2,11,12,13,14). The van der Waals surface area contributed by atoms with E-state index in [4.69, 9.17) is 0 Å². The second-order valence-electron chi connectivity index (χ2n) is 3.48. The van der Waals surface area contributed by atoms with Crippen molar-refractivity contribution >= 4 is 17.6 Å². The molecular formula is C10H17N3OS. The molecule has 1 aromatic rings. The molecule has 1 aromatic heterocycles. The van der Waals surface area contributed by atoms with Crippen LogP contribution in [-0.4, -0.2) is 28.0 Å². The van der Waals surface area contributed by atoms with Crippen molar-refractivity contribution in [3.8, 4) is 0 Å². The molecule has 1 heterocycles. The van der Waals surface area contributed by atoms with Gasteiger partial charge in [0.25, 0.3) is 5.56 Å². The number of rotatable bonds is 5. The van der Waals surface area contributed by atoms with Gasteiger partial charge in [0.05, 0.1) is 0 Å². The maximum Gasteiger partial charge on any atom is 0.252 e. The predicted octanol–water partition coefficient (Wildman–Crippen LogP) is 1.63. The quantitative estimate of drug-likeness (QED) is 0.802. The van der Waals surface area contributed by atoms with Crippen LogP contribution in [0.25, 0.3) is 0 Å². The van der Waals surface area contributed by atoms with Crippen molar-refractivity contribution in [1.29, 1.82) is 0 Å². The molecule has 0 spiro atoms. The predicted molar refractivity (Wildman–Crippen MR) is 65.7 cm³/mol. The second kappa shape index (κ2) is 5.80. The molecule has 0 saturated heterocycles. The second-order valence-corrected chi connectivity index (χ2v) is 4.75. The maximum absolute atomic E-state index is 11.1. The Bertz CT molecular complexity index is 364. The Morgan fingerprint density at radius 2 is 2.40 bits per heavy atom. The summed E-state index contributed by atoms with van der Waals surface area (Å²) in [5.41, 5.74) is -0.108. The van der Waals surface area contributed by atoms with Gasteiger partial charge in [-0.15, -0.1) is 0 Å². The highest BCUT2D eigenvalue weighted by atomic mass is 32.2. The van der Waals surface area contributed by atoms with Crippen LogP contribution in [0.1, 0.15) is 19.2 Å². The van der Waals surface area contributed by atoms with E-state index in [1.807, 2.05) is 11.8 Å². The number of hydrogen-bond donors (Lipinski definition) is 2. The molecule has 0 amide bonds. The normalized spacial score (nSPS) is 12.5. The van der Waals surface area contributed by atoms with Crippen molar-refractivity contribution in [2.75, 3.05) is 18.1 Å². The molecule has 5 heteroatoms. The minimum atomic E-state index is -0.108. The van der Waals surface area contributed by atoms with Crippen molar-refractivity contribution in [3.63, 3.8) is 0 Å². The molecule has 0 fully saturated rings. The van der Waals surface area contributed by atoms with E-state index in [-0.39, 0.29) is 5.56 Å². The summed E-state index contributed by atoms with van der Waals surface area (Å²) in [6, 6.07) is 1.48. The number of aryl methyl sites for hydroxylation is 1. The summed E-state index contributed by atoms with van der Waals surface area (Å²) in [4.78, 5) is 17.9. The summed E-state index contributed by atoms with van der Waals surface area (Å²) in [6.45, 7) is 4.80. The van der Waals surface area contributed by atoms with E-state index in [1.165, 1.54) is 6.07 Å². The van der Waals surface area contributed by atoms with E-state index in [2.05, 4.69) is 28.5 Å². The van der Waals surface area contributed by atoms with Crippen LogP contribution in [0.2, 0.25) is 0 Å². The fourth-order valence-corrected chi connectivity index (χ4v) is 1.54.